The summed E-state index contributed by atoms with van der Waals surface area (Å²) >= 11 is 5.12. The van der Waals surface area contributed by atoms with Gasteiger partial charge in [0.25, 0.3) is 0 Å². The average Bonchev–Trinajstić information content (AvgIpc) is 2.65. The summed E-state index contributed by atoms with van der Waals surface area (Å²) in [6.07, 6.45) is 3.72. The predicted octanol–water partition coefficient (Wildman–Crippen LogP) is 1.99. The first kappa shape index (κ1) is 9.18. The molecule has 0 radical (unpaired) electrons. The number of hydrogen-bond donors (Lipinski definition) is 2. The lowest BCUT2D eigenvalue weighted by atomic mass is 10.2. The molecule has 1 aromatic heterocycles. The third kappa shape index (κ3) is 1.62. The number of aromatic nitrogens is 2. The van der Waals surface area contributed by atoms with Crippen LogP contribution in [0.15, 0.2) is 36.7 Å². The summed E-state index contributed by atoms with van der Waals surface area (Å²) in [5.41, 5.74) is 7.71. The maximum Gasteiger partial charge on any atom is 0.181 e. The second-order valence-electron chi connectivity index (χ2n) is 3.01. The second-order valence-corrected chi connectivity index (χ2v) is 3.40. The Morgan fingerprint density at radius 1 is 1.43 bits per heavy atom. The molecule has 0 aliphatic carbocycles. The minimum Gasteiger partial charge on any atom is -0.337 e. The quantitative estimate of drug-likeness (QED) is 0.736. The molecule has 0 fully saturated rings. The Balaban J connectivity index is 2.52. The van der Waals surface area contributed by atoms with Crippen LogP contribution < -0.4 is 5.73 Å². The van der Waals surface area contributed by atoms with Crippen molar-refractivity contribution in [3.63, 3.8) is 0 Å². The van der Waals surface area contributed by atoms with E-state index in [9.17, 15) is 0 Å². The van der Waals surface area contributed by atoms with Gasteiger partial charge in [-0.1, -0.05) is 12.1 Å². The fraction of sp³-hybridized carbons (Fsp3) is 0.100. The van der Waals surface area contributed by atoms with Crippen molar-refractivity contribution in [1.82, 2.24) is 9.55 Å². The normalized spacial score (nSPS) is 10.4. The summed E-state index contributed by atoms with van der Waals surface area (Å²) in [6.45, 7) is 0.547. The minimum absolute atomic E-state index is 0.547. The molecule has 0 unspecified atom stereocenters. The third-order valence-corrected chi connectivity index (χ3v) is 2.39. The third-order valence-electron chi connectivity index (χ3n) is 2.07. The summed E-state index contributed by atoms with van der Waals surface area (Å²) in [5, 5.41) is 0. The van der Waals surface area contributed by atoms with Gasteiger partial charge in [0.05, 0.1) is 0 Å². The van der Waals surface area contributed by atoms with Gasteiger partial charge < -0.3 is 10.7 Å². The van der Waals surface area contributed by atoms with Crippen molar-refractivity contribution in [1.29, 1.82) is 0 Å². The number of benzene rings is 1. The van der Waals surface area contributed by atoms with Crippen LogP contribution in [0.5, 0.6) is 0 Å². The van der Waals surface area contributed by atoms with Gasteiger partial charge in [-0.25, -0.2) is 0 Å². The zero-order chi connectivity index (χ0) is 9.97. The van der Waals surface area contributed by atoms with Gasteiger partial charge in [0, 0.05) is 24.6 Å². The standard InChI is InChI=1S/C10H11N3S/c11-7-8-2-1-3-9(6-8)13-5-4-12-10(13)14/h1-6H,7,11H2,(H,12,14). The highest BCUT2D eigenvalue weighted by atomic mass is 32.1. The number of nitrogens with zero attached hydrogens (tertiary/aromatic N) is 1. The molecule has 0 atom stereocenters. The lowest BCUT2D eigenvalue weighted by molar-refractivity contribution is 1.01. The minimum atomic E-state index is 0.547. The first-order valence-electron chi connectivity index (χ1n) is 4.36. The molecule has 0 bridgehead atoms. The summed E-state index contributed by atoms with van der Waals surface area (Å²) < 4.78 is 2.60. The fourth-order valence-corrected chi connectivity index (χ4v) is 1.59. The van der Waals surface area contributed by atoms with E-state index >= 15 is 0 Å². The zero-order valence-corrected chi connectivity index (χ0v) is 8.42. The molecular formula is C10H11N3S. The molecule has 4 heteroatoms. The van der Waals surface area contributed by atoms with E-state index in [2.05, 4.69) is 4.98 Å². The predicted molar refractivity (Wildman–Crippen MR) is 58.8 cm³/mol. The van der Waals surface area contributed by atoms with Gasteiger partial charge in [-0.2, -0.15) is 0 Å². The van der Waals surface area contributed by atoms with Crippen LogP contribution in [-0.4, -0.2) is 9.55 Å². The van der Waals surface area contributed by atoms with Crippen LogP contribution >= 0.6 is 12.2 Å². The summed E-state index contributed by atoms with van der Waals surface area (Å²) in [5.74, 6) is 0. The van der Waals surface area contributed by atoms with Crippen LogP contribution in [0, 0.1) is 4.77 Å². The SMILES string of the molecule is NCc1cccc(-n2cc[nH]c2=S)c1. The monoisotopic (exact) mass is 205 g/mol. The molecule has 0 aliphatic heterocycles. The maximum absolute atomic E-state index is 5.57. The van der Waals surface area contributed by atoms with Gasteiger partial charge in [0.1, 0.15) is 0 Å². The van der Waals surface area contributed by atoms with E-state index in [1.165, 1.54) is 0 Å². The first-order chi connectivity index (χ1) is 6.81. The van der Waals surface area contributed by atoms with Gasteiger partial charge >= 0.3 is 0 Å². The van der Waals surface area contributed by atoms with Crippen molar-refractivity contribution < 1.29 is 0 Å². The van der Waals surface area contributed by atoms with Gasteiger partial charge in [-0.15, -0.1) is 0 Å². The molecule has 0 saturated heterocycles. The van der Waals surface area contributed by atoms with Crippen molar-refractivity contribution in [2.24, 2.45) is 5.73 Å². The average molecular weight is 205 g/mol. The van der Waals surface area contributed by atoms with Gasteiger partial charge in [0.2, 0.25) is 0 Å². The van der Waals surface area contributed by atoms with Gasteiger partial charge in [0.15, 0.2) is 4.77 Å². The molecule has 72 valence electrons. The highest BCUT2D eigenvalue weighted by Crippen LogP contribution is 2.10. The van der Waals surface area contributed by atoms with E-state index in [0.29, 0.717) is 11.3 Å². The number of nitrogens with two attached hydrogens (primary N) is 1. The molecule has 3 N–H and O–H groups in total. The van der Waals surface area contributed by atoms with Crippen LogP contribution in [-0.2, 0) is 6.54 Å². The van der Waals surface area contributed by atoms with Crippen molar-refractivity contribution in [3.8, 4) is 5.69 Å². The van der Waals surface area contributed by atoms with Gasteiger partial charge in [-0.3, -0.25) is 4.57 Å². The van der Waals surface area contributed by atoms with Crippen molar-refractivity contribution in [2.45, 2.75) is 6.54 Å². The molecule has 0 aliphatic rings. The fourth-order valence-electron chi connectivity index (χ4n) is 1.36. The number of imidazole rings is 1. The van der Waals surface area contributed by atoms with Crippen LogP contribution in [0.3, 0.4) is 0 Å². The van der Waals surface area contributed by atoms with E-state index in [1.54, 1.807) is 0 Å². The van der Waals surface area contributed by atoms with Crippen molar-refractivity contribution in [3.05, 3.63) is 47.0 Å². The Labute approximate surface area is 87.2 Å². The van der Waals surface area contributed by atoms with Crippen LogP contribution in [0.4, 0.5) is 0 Å². The summed E-state index contributed by atoms with van der Waals surface area (Å²) in [6, 6.07) is 8.01. The highest BCUT2D eigenvalue weighted by molar-refractivity contribution is 7.71. The number of rotatable bonds is 2. The maximum atomic E-state index is 5.57. The number of hydrogen-bond acceptors (Lipinski definition) is 2. The van der Waals surface area contributed by atoms with Gasteiger partial charge in [-0.05, 0) is 29.9 Å². The van der Waals surface area contributed by atoms with E-state index in [1.807, 2.05) is 41.2 Å². The molecule has 2 rings (SSSR count). The van der Waals surface area contributed by atoms with Crippen LogP contribution in [0.2, 0.25) is 0 Å². The number of nitrogens with one attached hydrogen (secondary N) is 1. The van der Waals surface area contributed by atoms with Crippen LogP contribution in [0.1, 0.15) is 5.56 Å². The van der Waals surface area contributed by atoms with Crippen LogP contribution in [0.25, 0.3) is 5.69 Å². The lowest BCUT2D eigenvalue weighted by Crippen LogP contribution is -1.98. The first-order valence-corrected chi connectivity index (χ1v) is 4.77. The Morgan fingerprint density at radius 2 is 2.29 bits per heavy atom. The second kappa shape index (κ2) is 3.77. The molecule has 14 heavy (non-hydrogen) atoms. The smallest absolute Gasteiger partial charge is 0.181 e. The van der Waals surface area contributed by atoms with Crippen molar-refractivity contribution >= 4 is 12.2 Å². The summed E-state index contributed by atoms with van der Waals surface area (Å²) in [7, 11) is 0. The van der Waals surface area contributed by atoms with E-state index in [-0.39, 0.29) is 0 Å². The Hall–Kier alpha value is -1.39. The zero-order valence-electron chi connectivity index (χ0n) is 7.60. The lowest BCUT2D eigenvalue weighted by Gasteiger charge is -2.03. The number of H-pyrrole nitrogens is 1. The molecule has 1 aromatic carbocycles. The van der Waals surface area contributed by atoms with E-state index in [4.69, 9.17) is 18.0 Å². The summed E-state index contributed by atoms with van der Waals surface area (Å²) in [4.78, 5) is 2.95. The molecule has 0 saturated carbocycles. The van der Waals surface area contributed by atoms with Crippen molar-refractivity contribution in [2.75, 3.05) is 0 Å². The molecular weight excluding hydrogens is 194 g/mol. The Kier molecular flexibility index (Phi) is 2.47. The molecule has 0 amide bonds. The molecule has 3 nitrogen and oxygen atoms in total. The molecule has 0 spiro atoms. The molecule has 2 aromatic rings. The largest absolute Gasteiger partial charge is 0.337 e. The Bertz CT molecular complexity index is 484. The highest BCUT2D eigenvalue weighted by Gasteiger charge is 1.97. The Morgan fingerprint density at radius 3 is 2.93 bits per heavy atom. The number of aromatic amines is 1. The molecule has 1 heterocycles. The topological polar surface area (TPSA) is 46.7 Å². The van der Waals surface area contributed by atoms with E-state index < -0.39 is 0 Å². The van der Waals surface area contributed by atoms with E-state index in [0.717, 1.165) is 11.3 Å².